The average molecular weight is 308 g/mol. The zero-order chi connectivity index (χ0) is 14.8. The standard InChI is InChI=1S/C12H15F3N2O2S/c13-8-6-10(14)12(11(15)7-8)20(18,19)17-5-3-9-2-1-4-16-9/h6-7,9,16-17H,1-5H2/t9-/m1/s1. The minimum atomic E-state index is -4.32. The Bertz CT molecular complexity index is 563. The van der Waals surface area contributed by atoms with E-state index in [1.54, 1.807) is 0 Å². The maximum absolute atomic E-state index is 13.4. The van der Waals surface area contributed by atoms with Crippen LogP contribution in [0.1, 0.15) is 19.3 Å². The molecule has 1 saturated heterocycles. The van der Waals surface area contributed by atoms with Crippen LogP contribution in [-0.4, -0.2) is 27.5 Å². The topological polar surface area (TPSA) is 58.2 Å². The lowest BCUT2D eigenvalue weighted by Crippen LogP contribution is -2.31. The second-order valence-corrected chi connectivity index (χ2v) is 6.38. The Hall–Kier alpha value is -1.12. The molecule has 112 valence electrons. The molecule has 0 unspecified atom stereocenters. The van der Waals surface area contributed by atoms with Crippen molar-refractivity contribution in [3.05, 3.63) is 29.6 Å². The number of benzene rings is 1. The van der Waals surface area contributed by atoms with Gasteiger partial charge >= 0.3 is 0 Å². The van der Waals surface area contributed by atoms with Gasteiger partial charge in [-0.3, -0.25) is 0 Å². The molecule has 1 aliphatic rings. The Kier molecular flexibility index (Phi) is 4.66. The van der Waals surface area contributed by atoms with E-state index in [0.29, 0.717) is 18.6 Å². The molecule has 1 heterocycles. The third-order valence-electron chi connectivity index (χ3n) is 3.18. The summed E-state index contributed by atoms with van der Waals surface area (Å²) in [5, 5.41) is 3.18. The second kappa shape index (κ2) is 6.11. The Balaban J connectivity index is 2.06. The minimum Gasteiger partial charge on any atom is -0.314 e. The first-order valence-electron chi connectivity index (χ1n) is 6.28. The van der Waals surface area contributed by atoms with Gasteiger partial charge in [-0.2, -0.15) is 0 Å². The monoisotopic (exact) mass is 308 g/mol. The highest BCUT2D eigenvalue weighted by Crippen LogP contribution is 2.20. The van der Waals surface area contributed by atoms with E-state index in [1.165, 1.54) is 0 Å². The fourth-order valence-electron chi connectivity index (χ4n) is 2.23. The van der Waals surface area contributed by atoms with Crippen molar-refractivity contribution in [1.82, 2.24) is 10.0 Å². The van der Waals surface area contributed by atoms with Crippen LogP contribution in [0.15, 0.2) is 17.0 Å². The van der Waals surface area contributed by atoms with E-state index in [-0.39, 0.29) is 12.6 Å². The molecule has 1 fully saturated rings. The van der Waals surface area contributed by atoms with Crippen LogP contribution < -0.4 is 10.0 Å². The van der Waals surface area contributed by atoms with Crippen molar-refractivity contribution in [2.45, 2.75) is 30.2 Å². The number of rotatable bonds is 5. The molecule has 1 aromatic carbocycles. The molecule has 0 spiro atoms. The molecule has 1 aromatic rings. The maximum atomic E-state index is 13.4. The lowest BCUT2D eigenvalue weighted by atomic mass is 10.2. The van der Waals surface area contributed by atoms with Crippen molar-refractivity contribution in [2.24, 2.45) is 0 Å². The van der Waals surface area contributed by atoms with E-state index in [1.807, 2.05) is 0 Å². The van der Waals surface area contributed by atoms with Crippen LogP contribution in [0.25, 0.3) is 0 Å². The fourth-order valence-corrected chi connectivity index (χ4v) is 3.39. The Morgan fingerprint density at radius 3 is 2.45 bits per heavy atom. The van der Waals surface area contributed by atoms with E-state index < -0.39 is 32.4 Å². The summed E-state index contributed by atoms with van der Waals surface area (Å²) in [6.07, 6.45) is 2.50. The molecule has 0 bridgehead atoms. The van der Waals surface area contributed by atoms with Crippen LogP contribution in [0, 0.1) is 17.5 Å². The predicted molar refractivity (Wildman–Crippen MR) is 67.1 cm³/mol. The van der Waals surface area contributed by atoms with Gasteiger partial charge in [0, 0.05) is 24.7 Å². The Morgan fingerprint density at radius 2 is 1.90 bits per heavy atom. The number of halogens is 3. The number of sulfonamides is 1. The second-order valence-electron chi connectivity index (χ2n) is 4.68. The van der Waals surface area contributed by atoms with Crippen LogP contribution >= 0.6 is 0 Å². The molecule has 0 amide bonds. The highest BCUT2D eigenvalue weighted by atomic mass is 32.2. The summed E-state index contributed by atoms with van der Waals surface area (Å²) in [7, 11) is -4.32. The van der Waals surface area contributed by atoms with E-state index in [0.717, 1.165) is 19.4 Å². The van der Waals surface area contributed by atoms with Crippen molar-refractivity contribution in [1.29, 1.82) is 0 Å². The summed E-state index contributed by atoms with van der Waals surface area (Å²) in [4.78, 5) is -1.14. The van der Waals surface area contributed by atoms with Crippen molar-refractivity contribution in [3.63, 3.8) is 0 Å². The van der Waals surface area contributed by atoms with E-state index in [9.17, 15) is 21.6 Å². The first kappa shape index (κ1) is 15.3. The van der Waals surface area contributed by atoms with Crippen LogP contribution in [0.3, 0.4) is 0 Å². The van der Waals surface area contributed by atoms with Gasteiger partial charge in [-0.25, -0.2) is 26.3 Å². The van der Waals surface area contributed by atoms with Gasteiger partial charge in [0.25, 0.3) is 0 Å². The quantitative estimate of drug-likeness (QED) is 0.867. The van der Waals surface area contributed by atoms with Crippen molar-refractivity contribution >= 4 is 10.0 Å². The number of nitrogens with one attached hydrogen (secondary N) is 2. The van der Waals surface area contributed by atoms with Gasteiger partial charge in [-0.05, 0) is 25.8 Å². The molecule has 0 aliphatic carbocycles. The molecule has 1 aliphatic heterocycles. The first-order chi connectivity index (χ1) is 9.40. The highest BCUT2D eigenvalue weighted by molar-refractivity contribution is 7.89. The molecular weight excluding hydrogens is 293 g/mol. The number of hydrogen-bond donors (Lipinski definition) is 2. The SMILES string of the molecule is O=S(=O)(NCC[C@H]1CCCN1)c1c(F)cc(F)cc1F. The lowest BCUT2D eigenvalue weighted by Gasteiger charge is -2.12. The van der Waals surface area contributed by atoms with Gasteiger partial charge in [-0.1, -0.05) is 0 Å². The van der Waals surface area contributed by atoms with E-state index in [2.05, 4.69) is 10.0 Å². The van der Waals surface area contributed by atoms with E-state index in [4.69, 9.17) is 0 Å². The van der Waals surface area contributed by atoms with Crippen LogP contribution in [-0.2, 0) is 10.0 Å². The normalized spacial score (nSPS) is 19.4. The third-order valence-corrected chi connectivity index (χ3v) is 4.69. The van der Waals surface area contributed by atoms with Crippen LogP contribution in [0.2, 0.25) is 0 Å². The maximum Gasteiger partial charge on any atom is 0.246 e. The van der Waals surface area contributed by atoms with Gasteiger partial charge in [0.2, 0.25) is 10.0 Å². The number of hydrogen-bond acceptors (Lipinski definition) is 3. The minimum absolute atomic E-state index is 0.0657. The Labute approximate surface area is 115 Å². The van der Waals surface area contributed by atoms with Gasteiger partial charge in [0.15, 0.2) is 4.90 Å². The average Bonchev–Trinajstić information content (AvgIpc) is 2.79. The molecular formula is C12H15F3N2O2S. The lowest BCUT2D eigenvalue weighted by molar-refractivity contribution is 0.491. The van der Waals surface area contributed by atoms with Gasteiger partial charge < -0.3 is 5.32 Å². The molecule has 0 aromatic heterocycles. The van der Waals surface area contributed by atoms with E-state index >= 15 is 0 Å². The molecule has 4 nitrogen and oxygen atoms in total. The summed E-state index contributed by atoms with van der Waals surface area (Å²) >= 11 is 0. The Morgan fingerprint density at radius 1 is 1.25 bits per heavy atom. The first-order valence-corrected chi connectivity index (χ1v) is 7.76. The van der Waals surface area contributed by atoms with Crippen molar-refractivity contribution in [2.75, 3.05) is 13.1 Å². The van der Waals surface area contributed by atoms with Gasteiger partial charge in [0.05, 0.1) is 0 Å². The predicted octanol–water partition coefficient (Wildman–Crippen LogP) is 1.52. The third kappa shape index (κ3) is 3.50. The van der Waals surface area contributed by atoms with Crippen molar-refractivity contribution in [3.8, 4) is 0 Å². The molecule has 1 atom stereocenters. The molecule has 0 radical (unpaired) electrons. The zero-order valence-corrected chi connectivity index (χ0v) is 11.4. The highest BCUT2D eigenvalue weighted by Gasteiger charge is 2.25. The molecule has 20 heavy (non-hydrogen) atoms. The summed E-state index contributed by atoms with van der Waals surface area (Å²) in [6, 6.07) is 0.896. The van der Waals surface area contributed by atoms with Crippen LogP contribution in [0.4, 0.5) is 13.2 Å². The smallest absolute Gasteiger partial charge is 0.246 e. The fraction of sp³-hybridized carbons (Fsp3) is 0.500. The summed E-state index contributed by atoms with van der Waals surface area (Å²) in [5.41, 5.74) is 0. The zero-order valence-electron chi connectivity index (χ0n) is 10.6. The van der Waals surface area contributed by atoms with Crippen molar-refractivity contribution < 1.29 is 21.6 Å². The summed E-state index contributed by atoms with van der Waals surface area (Å²) in [5.74, 6) is -4.03. The summed E-state index contributed by atoms with van der Waals surface area (Å²) in [6.45, 7) is 0.953. The van der Waals surface area contributed by atoms with Gasteiger partial charge in [-0.15, -0.1) is 0 Å². The van der Waals surface area contributed by atoms with Crippen LogP contribution in [0.5, 0.6) is 0 Å². The molecule has 2 N–H and O–H groups in total. The summed E-state index contributed by atoms with van der Waals surface area (Å²) < 4.78 is 65.4. The largest absolute Gasteiger partial charge is 0.314 e. The van der Waals surface area contributed by atoms with Gasteiger partial charge in [0.1, 0.15) is 17.5 Å². The molecule has 8 heteroatoms. The molecule has 2 rings (SSSR count). The molecule has 0 saturated carbocycles.